The summed E-state index contributed by atoms with van der Waals surface area (Å²) in [6.07, 6.45) is 1.47. The van der Waals surface area contributed by atoms with E-state index in [9.17, 15) is 19.2 Å². The highest BCUT2D eigenvalue weighted by Gasteiger charge is 2.10. The largest absolute Gasteiger partial charge is 0.343 e. The predicted molar refractivity (Wildman–Crippen MR) is 95.2 cm³/mol. The molecule has 8 nitrogen and oxygen atoms in total. The van der Waals surface area contributed by atoms with Gasteiger partial charge in [0.2, 0.25) is 0 Å². The Morgan fingerprint density at radius 3 is 2.38 bits per heavy atom. The summed E-state index contributed by atoms with van der Waals surface area (Å²) in [5.74, 6) is -1.53. The van der Waals surface area contributed by atoms with Crippen LogP contribution in [0.2, 0.25) is 0 Å². The monoisotopic (exact) mass is 356 g/mol. The van der Waals surface area contributed by atoms with Crippen molar-refractivity contribution in [3.63, 3.8) is 0 Å². The topological polar surface area (TPSA) is 109 Å². The minimum absolute atomic E-state index is 0.227. The van der Waals surface area contributed by atoms with Crippen molar-refractivity contribution in [1.82, 2.24) is 20.7 Å². The Morgan fingerprint density at radius 2 is 1.69 bits per heavy atom. The van der Waals surface area contributed by atoms with Crippen LogP contribution in [-0.4, -0.2) is 28.8 Å². The van der Waals surface area contributed by atoms with Crippen molar-refractivity contribution in [2.75, 3.05) is 6.54 Å². The number of aromatic nitrogens is 1. The van der Waals surface area contributed by atoms with Crippen molar-refractivity contribution >= 4 is 17.7 Å². The van der Waals surface area contributed by atoms with Crippen LogP contribution in [0.5, 0.6) is 0 Å². The molecular weight excluding hydrogens is 336 g/mol. The highest BCUT2D eigenvalue weighted by molar-refractivity contribution is 5.96. The number of hydrogen-bond donors (Lipinski definition) is 3. The number of rotatable bonds is 5. The minimum Gasteiger partial charge on any atom is -0.343 e. The number of carbonyl (C=O) groups excluding carboxylic acids is 3. The number of hydrogen-bond acceptors (Lipinski definition) is 4. The Bertz CT molecular complexity index is 889. The molecule has 2 aromatic rings. The summed E-state index contributed by atoms with van der Waals surface area (Å²) in [5, 5.41) is 2.47. The van der Waals surface area contributed by atoms with E-state index < -0.39 is 11.8 Å². The normalized spacial score (nSPS) is 10.1. The van der Waals surface area contributed by atoms with Crippen molar-refractivity contribution in [3.8, 4) is 0 Å². The highest BCUT2D eigenvalue weighted by Crippen LogP contribution is 2.09. The number of hydrazine groups is 1. The van der Waals surface area contributed by atoms with Crippen LogP contribution in [-0.2, 0) is 16.1 Å². The van der Waals surface area contributed by atoms with Gasteiger partial charge < -0.3 is 9.88 Å². The summed E-state index contributed by atoms with van der Waals surface area (Å²) in [6, 6.07) is 9.76. The van der Waals surface area contributed by atoms with Gasteiger partial charge in [-0.05, 0) is 43.2 Å². The zero-order valence-corrected chi connectivity index (χ0v) is 14.5. The van der Waals surface area contributed by atoms with Crippen molar-refractivity contribution in [2.45, 2.75) is 20.4 Å². The van der Waals surface area contributed by atoms with Crippen molar-refractivity contribution in [2.24, 2.45) is 0 Å². The Morgan fingerprint density at radius 1 is 0.962 bits per heavy atom. The molecule has 0 aliphatic rings. The molecule has 0 aliphatic heterocycles. The van der Waals surface area contributed by atoms with Crippen LogP contribution in [0.25, 0.3) is 0 Å². The Labute approximate surface area is 150 Å². The first-order chi connectivity index (χ1) is 12.4. The predicted octanol–water partition coefficient (Wildman–Crippen LogP) is 0.0425. The van der Waals surface area contributed by atoms with Gasteiger partial charge in [0, 0.05) is 17.8 Å². The molecule has 136 valence electrons. The average molecular weight is 356 g/mol. The number of pyridine rings is 1. The van der Waals surface area contributed by atoms with Crippen LogP contribution < -0.4 is 21.7 Å². The molecule has 0 saturated carbocycles. The molecule has 3 amide bonds. The molecule has 0 fully saturated rings. The van der Waals surface area contributed by atoms with Gasteiger partial charge in [-0.2, -0.15) is 0 Å². The van der Waals surface area contributed by atoms with Gasteiger partial charge in [0.25, 0.3) is 23.3 Å². The van der Waals surface area contributed by atoms with Crippen molar-refractivity contribution < 1.29 is 14.4 Å². The van der Waals surface area contributed by atoms with Crippen LogP contribution in [0, 0.1) is 13.8 Å². The fourth-order valence-corrected chi connectivity index (χ4v) is 2.11. The summed E-state index contributed by atoms with van der Waals surface area (Å²) < 4.78 is 1.20. The third-order valence-corrected chi connectivity index (χ3v) is 3.73. The fraction of sp³-hybridized carbons (Fsp3) is 0.222. The van der Waals surface area contributed by atoms with E-state index >= 15 is 0 Å². The molecule has 0 spiro atoms. The van der Waals surface area contributed by atoms with E-state index in [0.29, 0.717) is 5.56 Å². The summed E-state index contributed by atoms with van der Waals surface area (Å²) >= 11 is 0. The lowest BCUT2D eigenvalue weighted by Gasteiger charge is -2.10. The van der Waals surface area contributed by atoms with Crippen LogP contribution in [0.3, 0.4) is 0 Å². The number of benzene rings is 1. The quantitative estimate of drug-likeness (QED) is 0.657. The second-order valence-corrected chi connectivity index (χ2v) is 5.74. The lowest BCUT2D eigenvalue weighted by atomic mass is 10.1. The van der Waals surface area contributed by atoms with Crippen molar-refractivity contribution in [1.29, 1.82) is 0 Å². The lowest BCUT2D eigenvalue weighted by molar-refractivity contribution is -0.128. The smallest absolute Gasteiger partial charge is 0.258 e. The van der Waals surface area contributed by atoms with E-state index in [1.807, 2.05) is 19.9 Å². The van der Waals surface area contributed by atoms with Gasteiger partial charge in [-0.25, -0.2) is 0 Å². The van der Waals surface area contributed by atoms with E-state index in [4.69, 9.17) is 0 Å². The van der Waals surface area contributed by atoms with Gasteiger partial charge in [-0.3, -0.25) is 30.0 Å². The maximum Gasteiger partial charge on any atom is 0.258 e. The molecule has 3 N–H and O–H groups in total. The fourth-order valence-electron chi connectivity index (χ4n) is 2.11. The summed E-state index contributed by atoms with van der Waals surface area (Å²) in [4.78, 5) is 47.0. The van der Waals surface area contributed by atoms with Gasteiger partial charge in [0.1, 0.15) is 6.54 Å². The maximum atomic E-state index is 12.0. The third-order valence-electron chi connectivity index (χ3n) is 3.73. The Hall–Kier alpha value is -3.42. The molecular formula is C18H20N4O4. The van der Waals surface area contributed by atoms with Crippen LogP contribution >= 0.6 is 0 Å². The second-order valence-electron chi connectivity index (χ2n) is 5.74. The molecule has 1 aromatic carbocycles. The molecule has 0 radical (unpaired) electrons. The first-order valence-electron chi connectivity index (χ1n) is 7.95. The van der Waals surface area contributed by atoms with Gasteiger partial charge >= 0.3 is 0 Å². The first-order valence-corrected chi connectivity index (χ1v) is 7.95. The van der Waals surface area contributed by atoms with Crippen LogP contribution in [0.1, 0.15) is 21.5 Å². The van der Waals surface area contributed by atoms with E-state index in [2.05, 4.69) is 16.2 Å². The van der Waals surface area contributed by atoms with Crippen LogP contribution in [0.4, 0.5) is 0 Å². The maximum absolute atomic E-state index is 12.0. The molecule has 0 atom stereocenters. The first kappa shape index (κ1) is 18.9. The number of carbonyl (C=O) groups is 3. The molecule has 1 heterocycles. The second kappa shape index (κ2) is 8.61. The molecule has 0 unspecified atom stereocenters. The molecule has 0 saturated heterocycles. The molecule has 2 rings (SSSR count). The third kappa shape index (κ3) is 5.30. The van der Waals surface area contributed by atoms with Gasteiger partial charge in [-0.1, -0.05) is 12.1 Å². The van der Waals surface area contributed by atoms with E-state index in [0.717, 1.165) is 11.1 Å². The Balaban J connectivity index is 1.77. The summed E-state index contributed by atoms with van der Waals surface area (Å²) in [7, 11) is 0. The number of nitrogens with zero attached hydrogens (tertiary/aromatic N) is 1. The average Bonchev–Trinajstić information content (AvgIpc) is 2.62. The summed E-state index contributed by atoms with van der Waals surface area (Å²) in [5.41, 5.74) is 6.54. The van der Waals surface area contributed by atoms with E-state index in [1.54, 1.807) is 24.3 Å². The molecule has 26 heavy (non-hydrogen) atoms. The molecule has 0 bridgehead atoms. The van der Waals surface area contributed by atoms with E-state index in [1.165, 1.54) is 16.8 Å². The van der Waals surface area contributed by atoms with Gasteiger partial charge in [0.05, 0.1) is 6.54 Å². The van der Waals surface area contributed by atoms with Crippen LogP contribution in [0.15, 0.2) is 47.4 Å². The lowest BCUT2D eigenvalue weighted by Crippen LogP contribution is -2.47. The molecule has 0 aliphatic carbocycles. The van der Waals surface area contributed by atoms with E-state index in [-0.39, 0.29) is 24.6 Å². The highest BCUT2D eigenvalue weighted by atomic mass is 16.2. The molecule has 8 heteroatoms. The summed E-state index contributed by atoms with van der Waals surface area (Å²) in [6.45, 7) is 3.31. The van der Waals surface area contributed by atoms with Crippen molar-refractivity contribution in [3.05, 3.63) is 69.6 Å². The Kier molecular flexibility index (Phi) is 6.26. The SMILES string of the molecule is Cc1ccc(C(=O)NCC(=O)NNC(=O)Cn2ccccc2=O)cc1C. The number of amides is 3. The zero-order valence-electron chi connectivity index (χ0n) is 14.5. The standard InChI is InChI=1S/C18H20N4O4/c1-12-6-7-14(9-13(12)2)18(26)19-10-15(23)20-21-16(24)11-22-8-4-3-5-17(22)25/h3-9H,10-11H2,1-2H3,(H,19,26)(H,20,23)(H,21,24). The minimum atomic E-state index is -0.587. The number of aryl methyl sites for hydroxylation is 2. The number of nitrogens with one attached hydrogen (secondary N) is 3. The zero-order chi connectivity index (χ0) is 19.1. The molecule has 1 aromatic heterocycles. The van der Waals surface area contributed by atoms with Gasteiger partial charge in [-0.15, -0.1) is 0 Å². The van der Waals surface area contributed by atoms with Gasteiger partial charge in [0.15, 0.2) is 0 Å².